The summed E-state index contributed by atoms with van der Waals surface area (Å²) in [6.45, 7) is 3.17. The van der Waals surface area contributed by atoms with Gasteiger partial charge in [0.25, 0.3) is 5.91 Å². The summed E-state index contributed by atoms with van der Waals surface area (Å²) >= 11 is 0. The van der Waals surface area contributed by atoms with Gasteiger partial charge in [0.1, 0.15) is 11.5 Å². The number of likely N-dealkylation sites (tertiary alicyclic amines) is 1. The summed E-state index contributed by atoms with van der Waals surface area (Å²) in [5.41, 5.74) is 3.46. The number of nitrogens with zero attached hydrogens (tertiary/aromatic N) is 6. The lowest BCUT2D eigenvalue weighted by atomic mass is 10.0. The Morgan fingerprint density at radius 2 is 1.94 bits per heavy atom. The van der Waals surface area contributed by atoms with Gasteiger partial charge in [0.2, 0.25) is 5.91 Å². The fourth-order valence-corrected chi connectivity index (χ4v) is 4.84. The number of amides is 2. The quantitative estimate of drug-likeness (QED) is 0.604. The molecule has 2 aromatic heterocycles. The summed E-state index contributed by atoms with van der Waals surface area (Å²) in [4.78, 5) is 39.5. The number of hydrogen-bond acceptors (Lipinski definition) is 5. The predicted octanol–water partition coefficient (Wildman–Crippen LogP) is 3.02. The first-order valence-electron chi connectivity index (χ1n) is 11.5. The van der Waals surface area contributed by atoms with Crippen LogP contribution >= 0.6 is 0 Å². The second kappa shape index (κ2) is 8.77. The number of piperidine rings is 1. The number of rotatable bonds is 5. The van der Waals surface area contributed by atoms with Gasteiger partial charge in [-0.25, -0.2) is 9.97 Å². The third kappa shape index (κ3) is 4.01. The van der Waals surface area contributed by atoms with Gasteiger partial charge < -0.3 is 4.90 Å². The Morgan fingerprint density at radius 3 is 2.70 bits per heavy atom. The molecule has 8 heteroatoms. The van der Waals surface area contributed by atoms with E-state index >= 15 is 0 Å². The predicted molar refractivity (Wildman–Crippen MR) is 124 cm³/mol. The van der Waals surface area contributed by atoms with Gasteiger partial charge in [-0.3, -0.25) is 19.2 Å². The summed E-state index contributed by atoms with van der Waals surface area (Å²) in [5, 5.41) is 4.15. The lowest BCUT2D eigenvalue weighted by molar-refractivity contribution is -0.117. The van der Waals surface area contributed by atoms with Crippen molar-refractivity contribution in [3.63, 3.8) is 0 Å². The number of hydrogen-bond donors (Lipinski definition) is 0. The highest BCUT2D eigenvalue weighted by Crippen LogP contribution is 2.35. The molecule has 2 amide bonds. The molecule has 1 saturated heterocycles. The van der Waals surface area contributed by atoms with E-state index in [0.29, 0.717) is 36.8 Å². The zero-order valence-corrected chi connectivity index (χ0v) is 19.1. The molecule has 33 heavy (non-hydrogen) atoms. The summed E-state index contributed by atoms with van der Waals surface area (Å²) < 4.78 is 1.60. The Hall–Kier alpha value is -3.55. The van der Waals surface area contributed by atoms with E-state index in [1.165, 1.54) is 5.56 Å². The molecule has 170 valence electrons. The van der Waals surface area contributed by atoms with E-state index in [1.54, 1.807) is 28.9 Å². The maximum absolute atomic E-state index is 13.3. The standard InChI is InChI=1S/C25H28N6O2/c1-17-19-16-22(32)31(15-12-18-8-4-3-5-9-18)24(19)28-23(27-17)20-10-6-7-14-30(20)25(33)21-11-13-26-29(21)2/h3-5,8-9,11,13,20H,6-7,10,12,14-16H2,1-2H3. The van der Waals surface area contributed by atoms with Gasteiger partial charge in [-0.1, -0.05) is 30.3 Å². The smallest absolute Gasteiger partial charge is 0.272 e. The van der Waals surface area contributed by atoms with Crippen molar-refractivity contribution in [1.82, 2.24) is 24.6 Å². The average Bonchev–Trinajstić information content (AvgIpc) is 3.40. The SMILES string of the molecule is Cc1nc(C2CCCCN2C(=O)c2ccnn2C)nc2c1CC(=O)N2CCc1ccccc1. The molecule has 1 aromatic carbocycles. The Kier molecular flexibility index (Phi) is 5.66. The molecule has 5 rings (SSSR count). The van der Waals surface area contributed by atoms with E-state index in [-0.39, 0.29) is 17.9 Å². The maximum Gasteiger partial charge on any atom is 0.272 e. The third-order valence-electron chi connectivity index (χ3n) is 6.66. The van der Waals surface area contributed by atoms with Gasteiger partial charge in [0, 0.05) is 37.6 Å². The number of anilines is 1. The number of carbonyl (C=O) groups is 2. The van der Waals surface area contributed by atoms with Gasteiger partial charge in [-0.05, 0) is 44.2 Å². The van der Waals surface area contributed by atoms with Crippen molar-refractivity contribution in [2.45, 2.75) is 45.1 Å². The van der Waals surface area contributed by atoms with Gasteiger partial charge in [0.15, 0.2) is 5.82 Å². The largest absolute Gasteiger partial charge is 0.327 e. The summed E-state index contributed by atoms with van der Waals surface area (Å²) in [5.74, 6) is 1.33. The minimum absolute atomic E-state index is 0.0570. The van der Waals surface area contributed by atoms with Crippen LogP contribution in [-0.4, -0.2) is 49.6 Å². The van der Waals surface area contributed by atoms with Crippen molar-refractivity contribution >= 4 is 17.6 Å². The van der Waals surface area contributed by atoms with Crippen molar-refractivity contribution < 1.29 is 9.59 Å². The van der Waals surface area contributed by atoms with Crippen LogP contribution in [0.5, 0.6) is 0 Å². The Balaban J connectivity index is 1.45. The molecule has 0 radical (unpaired) electrons. The van der Waals surface area contributed by atoms with Crippen molar-refractivity contribution in [1.29, 1.82) is 0 Å². The first-order valence-corrected chi connectivity index (χ1v) is 11.5. The van der Waals surface area contributed by atoms with E-state index in [4.69, 9.17) is 9.97 Å². The van der Waals surface area contributed by atoms with Gasteiger partial charge in [-0.2, -0.15) is 5.10 Å². The van der Waals surface area contributed by atoms with E-state index in [1.807, 2.05) is 30.0 Å². The maximum atomic E-state index is 13.3. The molecule has 3 aromatic rings. The van der Waals surface area contributed by atoms with Crippen LogP contribution in [0.15, 0.2) is 42.6 Å². The first-order chi connectivity index (χ1) is 16.0. The first kappa shape index (κ1) is 21.3. The van der Waals surface area contributed by atoms with Crippen LogP contribution in [0.3, 0.4) is 0 Å². The van der Waals surface area contributed by atoms with Crippen molar-refractivity contribution in [3.05, 3.63) is 70.9 Å². The number of carbonyl (C=O) groups excluding carboxylic acids is 2. The fraction of sp³-hybridized carbons (Fsp3) is 0.400. The Morgan fingerprint density at radius 1 is 1.12 bits per heavy atom. The average molecular weight is 445 g/mol. The van der Waals surface area contributed by atoms with Crippen LogP contribution in [0.1, 0.15) is 58.4 Å². The second-order valence-electron chi connectivity index (χ2n) is 8.78. The van der Waals surface area contributed by atoms with Gasteiger partial charge in [-0.15, -0.1) is 0 Å². The monoisotopic (exact) mass is 444 g/mol. The normalized spacial score (nSPS) is 18.0. The summed E-state index contributed by atoms with van der Waals surface area (Å²) in [6.07, 6.45) is 5.50. The number of benzene rings is 1. The minimum atomic E-state index is -0.211. The molecule has 2 aliphatic rings. The van der Waals surface area contributed by atoms with Crippen molar-refractivity contribution in [2.75, 3.05) is 18.0 Å². The molecule has 1 atom stereocenters. The molecule has 0 bridgehead atoms. The minimum Gasteiger partial charge on any atom is -0.327 e. The Labute approximate surface area is 193 Å². The lowest BCUT2D eigenvalue weighted by Crippen LogP contribution is -2.40. The van der Waals surface area contributed by atoms with Gasteiger partial charge in [0.05, 0.1) is 12.5 Å². The molecule has 8 nitrogen and oxygen atoms in total. The molecule has 0 saturated carbocycles. The van der Waals surface area contributed by atoms with Crippen molar-refractivity contribution in [2.24, 2.45) is 7.05 Å². The van der Waals surface area contributed by atoms with Crippen LogP contribution in [0.2, 0.25) is 0 Å². The van der Waals surface area contributed by atoms with E-state index < -0.39 is 0 Å². The van der Waals surface area contributed by atoms with Crippen LogP contribution in [0.25, 0.3) is 0 Å². The molecule has 1 fully saturated rings. The molecular formula is C25H28N6O2. The van der Waals surface area contributed by atoms with E-state index in [9.17, 15) is 9.59 Å². The van der Waals surface area contributed by atoms with Gasteiger partial charge >= 0.3 is 0 Å². The van der Waals surface area contributed by atoms with E-state index in [2.05, 4.69) is 17.2 Å². The zero-order chi connectivity index (χ0) is 22.9. The number of aryl methyl sites for hydroxylation is 2. The fourth-order valence-electron chi connectivity index (χ4n) is 4.84. The molecule has 4 heterocycles. The highest BCUT2D eigenvalue weighted by atomic mass is 16.2. The summed E-state index contributed by atoms with van der Waals surface area (Å²) in [6, 6.07) is 11.7. The number of aromatic nitrogens is 4. The molecule has 0 aliphatic carbocycles. The third-order valence-corrected chi connectivity index (χ3v) is 6.66. The van der Waals surface area contributed by atoms with Crippen LogP contribution in [0.4, 0.5) is 5.82 Å². The molecule has 1 unspecified atom stereocenters. The highest BCUT2D eigenvalue weighted by Gasteiger charge is 2.36. The highest BCUT2D eigenvalue weighted by molar-refractivity contribution is 6.00. The molecular weight excluding hydrogens is 416 g/mol. The topological polar surface area (TPSA) is 84.2 Å². The van der Waals surface area contributed by atoms with Crippen LogP contribution in [0, 0.1) is 6.92 Å². The van der Waals surface area contributed by atoms with Crippen LogP contribution < -0.4 is 4.90 Å². The van der Waals surface area contributed by atoms with Crippen LogP contribution in [-0.2, 0) is 24.7 Å². The molecule has 0 spiro atoms. The Bertz CT molecular complexity index is 1190. The molecule has 0 N–H and O–H groups in total. The summed E-state index contributed by atoms with van der Waals surface area (Å²) in [7, 11) is 1.78. The molecule has 2 aliphatic heterocycles. The number of fused-ring (bicyclic) bond motifs is 1. The zero-order valence-electron chi connectivity index (χ0n) is 19.1. The lowest BCUT2D eigenvalue weighted by Gasteiger charge is -2.35. The van der Waals surface area contributed by atoms with Crippen molar-refractivity contribution in [3.8, 4) is 0 Å². The second-order valence-corrected chi connectivity index (χ2v) is 8.78. The van der Waals surface area contributed by atoms with E-state index in [0.717, 1.165) is 36.9 Å².